The van der Waals surface area contributed by atoms with Crippen molar-refractivity contribution in [3.63, 3.8) is 0 Å². The quantitative estimate of drug-likeness (QED) is 0.504. The van der Waals surface area contributed by atoms with Gasteiger partial charge in [0.05, 0.1) is 7.11 Å². The Hall–Kier alpha value is -1.24. The number of hydrogen-bond acceptors (Lipinski definition) is 1. The molecule has 1 aromatic carbocycles. The smallest absolute Gasteiger partial charge is 0.122 e. The van der Waals surface area contributed by atoms with E-state index in [4.69, 9.17) is 4.74 Å². The molecule has 15 heavy (non-hydrogen) atoms. The van der Waals surface area contributed by atoms with Crippen LogP contribution in [0.3, 0.4) is 0 Å². The molecule has 0 spiro atoms. The van der Waals surface area contributed by atoms with Crippen LogP contribution in [0.15, 0.2) is 30.9 Å². The SMILES string of the molecule is C=CCCCCc1ccc(C)c(OC)c1. The molecule has 0 amide bonds. The van der Waals surface area contributed by atoms with Crippen molar-refractivity contribution in [3.05, 3.63) is 42.0 Å². The predicted molar refractivity (Wildman–Crippen MR) is 65.5 cm³/mol. The Bertz CT molecular complexity index is 315. The van der Waals surface area contributed by atoms with E-state index in [1.807, 2.05) is 6.08 Å². The highest BCUT2D eigenvalue weighted by molar-refractivity contribution is 5.36. The van der Waals surface area contributed by atoms with E-state index in [1.54, 1.807) is 7.11 Å². The van der Waals surface area contributed by atoms with E-state index < -0.39 is 0 Å². The molecule has 0 aromatic heterocycles. The van der Waals surface area contributed by atoms with E-state index >= 15 is 0 Å². The topological polar surface area (TPSA) is 9.23 Å². The summed E-state index contributed by atoms with van der Waals surface area (Å²) in [6.07, 6.45) is 6.67. The fourth-order valence-electron chi connectivity index (χ4n) is 1.64. The number of rotatable bonds is 6. The Balaban J connectivity index is 2.50. The van der Waals surface area contributed by atoms with Crippen LogP contribution in [0.1, 0.15) is 30.4 Å². The average molecular weight is 204 g/mol. The molecule has 0 saturated heterocycles. The Labute approximate surface area is 92.8 Å². The maximum atomic E-state index is 5.30. The lowest BCUT2D eigenvalue weighted by Crippen LogP contribution is -1.91. The van der Waals surface area contributed by atoms with Gasteiger partial charge in [-0.25, -0.2) is 0 Å². The number of ether oxygens (including phenoxy) is 1. The summed E-state index contributed by atoms with van der Waals surface area (Å²) in [5, 5.41) is 0. The molecule has 1 heteroatoms. The van der Waals surface area contributed by atoms with Crippen LogP contribution in [-0.2, 0) is 6.42 Å². The van der Waals surface area contributed by atoms with E-state index in [2.05, 4.69) is 31.7 Å². The highest BCUT2D eigenvalue weighted by Crippen LogP contribution is 2.20. The first-order valence-electron chi connectivity index (χ1n) is 5.52. The van der Waals surface area contributed by atoms with E-state index in [0.29, 0.717) is 0 Å². The van der Waals surface area contributed by atoms with Gasteiger partial charge in [-0.1, -0.05) is 18.2 Å². The summed E-state index contributed by atoms with van der Waals surface area (Å²) in [6, 6.07) is 6.46. The zero-order valence-electron chi connectivity index (χ0n) is 9.75. The number of allylic oxidation sites excluding steroid dienone is 1. The van der Waals surface area contributed by atoms with Crippen LogP contribution in [0, 0.1) is 6.92 Å². The lowest BCUT2D eigenvalue weighted by Gasteiger charge is -2.07. The second kappa shape index (κ2) is 6.28. The normalized spacial score (nSPS) is 10.0. The number of methoxy groups -OCH3 is 1. The van der Waals surface area contributed by atoms with Gasteiger partial charge in [-0.15, -0.1) is 6.58 Å². The third-order valence-electron chi connectivity index (χ3n) is 2.60. The van der Waals surface area contributed by atoms with Gasteiger partial charge in [0.2, 0.25) is 0 Å². The van der Waals surface area contributed by atoms with Gasteiger partial charge >= 0.3 is 0 Å². The van der Waals surface area contributed by atoms with Gasteiger partial charge in [-0.05, 0) is 49.8 Å². The fourth-order valence-corrected chi connectivity index (χ4v) is 1.64. The van der Waals surface area contributed by atoms with Gasteiger partial charge in [0.25, 0.3) is 0 Å². The molecule has 0 aliphatic rings. The summed E-state index contributed by atoms with van der Waals surface area (Å²) in [7, 11) is 1.73. The highest BCUT2D eigenvalue weighted by atomic mass is 16.5. The van der Waals surface area contributed by atoms with Gasteiger partial charge < -0.3 is 4.74 Å². The van der Waals surface area contributed by atoms with Crippen LogP contribution in [0.5, 0.6) is 5.75 Å². The molecule has 0 radical (unpaired) electrons. The number of unbranched alkanes of at least 4 members (excludes halogenated alkanes) is 2. The van der Waals surface area contributed by atoms with E-state index in [1.165, 1.54) is 24.0 Å². The van der Waals surface area contributed by atoms with E-state index in [0.717, 1.165) is 18.6 Å². The summed E-state index contributed by atoms with van der Waals surface area (Å²) in [4.78, 5) is 0. The molecule has 1 rings (SSSR count). The van der Waals surface area contributed by atoms with Crippen LogP contribution in [-0.4, -0.2) is 7.11 Å². The first-order chi connectivity index (χ1) is 7.27. The van der Waals surface area contributed by atoms with Crippen molar-refractivity contribution in [1.29, 1.82) is 0 Å². The molecule has 0 heterocycles. The molecule has 0 saturated carbocycles. The molecular weight excluding hydrogens is 184 g/mol. The molecule has 1 nitrogen and oxygen atoms in total. The summed E-state index contributed by atoms with van der Waals surface area (Å²) in [5.74, 6) is 0.997. The molecule has 0 aliphatic heterocycles. The minimum atomic E-state index is 0.997. The van der Waals surface area contributed by atoms with Crippen LogP contribution in [0.25, 0.3) is 0 Å². The number of benzene rings is 1. The standard InChI is InChI=1S/C14H20O/c1-4-5-6-7-8-13-10-9-12(2)14(11-13)15-3/h4,9-11H,1,5-8H2,2-3H3. The maximum Gasteiger partial charge on any atom is 0.122 e. The van der Waals surface area contributed by atoms with Crippen molar-refractivity contribution in [2.24, 2.45) is 0 Å². The van der Waals surface area contributed by atoms with Crippen molar-refractivity contribution in [1.82, 2.24) is 0 Å². The van der Waals surface area contributed by atoms with Crippen LogP contribution in [0.4, 0.5) is 0 Å². The first-order valence-corrected chi connectivity index (χ1v) is 5.52. The van der Waals surface area contributed by atoms with Gasteiger partial charge in [0, 0.05) is 0 Å². The molecule has 0 fully saturated rings. The Kier molecular flexibility index (Phi) is 4.96. The summed E-state index contributed by atoms with van der Waals surface area (Å²) in [6.45, 7) is 5.79. The number of aryl methyl sites for hydroxylation is 2. The van der Waals surface area contributed by atoms with Crippen molar-refractivity contribution in [2.45, 2.75) is 32.6 Å². The zero-order chi connectivity index (χ0) is 11.1. The summed E-state index contributed by atoms with van der Waals surface area (Å²) < 4.78 is 5.30. The molecular formula is C14H20O. The third-order valence-corrected chi connectivity index (χ3v) is 2.60. The maximum absolute atomic E-state index is 5.30. The van der Waals surface area contributed by atoms with E-state index in [9.17, 15) is 0 Å². The second-order valence-electron chi connectivity index (χ2n) is 3.84. The fraction of sp³-hybridized carbons (Fsp3) is 0.429. The monoisotopic (exact) mass is 204 g/mol. The minimum absolute atomic E-state index is 0.997. The lowest BCUT2D eigenvalue weighted by molar-refractivity contribution is 0.411. The van der Waals surface area contributed by atoms with Crippen molar-refractivity contribution in [2.75, 3.05) is 7.11 Å². The molecule has 0 N–H and O–H groups in total. The molecule has 0 unspecified atom stereocenters. The third kappa shape index (κ3) is 3.78. The second-order valence-corrected chi connectivity index (χ2v) is 3.84. The van der Waals surface area contributed by atoms with Gasteiger partial charge in [-0.2, -0.15) is 0 Å². The number of hydrogen-bond donors (Lipinski definition) is 0. The molecule has 0 atom stereocenters. The Morgan fingerprint density at radius 1 is 1.33 bits per heavy atom. The van der Waals surface area contributed by atoms with Gasteiger partial charge in [-0.3, -0.25) is 0 Å². The largest absolute Gasteiger partial charge is 0.496 e. The van der Waals surface area contributed by atoms with Crippen molar-refractivity contribution >= 4 is 0 Å². The van der Waals surface area contributed by atoms with Crippen molar-refractivity contribution in [3.8, 4) is 5.75 Å². The van der Waals surface area contributed by atoms with Crippen molar-refractivity contribution < 1.29 is 4.74 Å². The highest BCUT2D eigenvalue weighted by Gasteiger charge is 1.99. The molecule has 1 aromatic rings. The summed E-state index contributed by atoms with van der Waals surface area (Å²) >= 11 is 0. The van der Waals surface area contributed by atoms with Crippen LogP contribution < -0.4 is 4.74 Å². The van der Waals surface area contributed by atoms with E-state index in [-0.39, 0.29) is 0 Å². The van der Waals surface area contributed by atoms with Crippen LogP contribution in [0.2, 0.25) is 0 Å². The van der Waals surface area contributed by atoms with Gasteiger partial charge in [0.1, 0.15) is 5.75 Å². The molecule has 0 aliphatic carbocycles. The minimum Gasteiger partial charge on any atom is -0.496 e. The molecule has 82 valence electrons. The zero-order valence-corrected chi connectivity index (χ0v) is 9.75. The predicted octanol–water partition coefficient (Wildman–Crippen LogP) is 3.90. The summed E-state index contributed by atoms with van der Waals surface area (Å²) in [5.41, 5.74) is 2.56. The lowest BCUT2D eigenvalue weighted by atomic mass is 10.0. The Morgan fingerprint density at radius 3 is 2.80 bits per heavy atom. The van der Waals surface area contributed by atoms with Crippen LogP contribution >= 0.6 is 0 Å². The first kappa shape index (κ1) is 11.8. The Morgan fingerprint density at radius 2 is 2.13 bits per heavy atom. The molecule has 0 bridgehead atoms. The van der Waals surface area contributed by atoms with Gasteiger partial charge in [0.15, 0.2) is 0 Å². The average Bonchev–Trinajstić information content (AvgIpc) is 2.26.